The average Bonchev–Trinajstić information content (AvgIpc) is 2.72. The second kappa shape index (κ2) is 8.53. The molecule has 0 radical (unpaired) electrons. The molecule has 6 nitrogen and oxygen atoms in total. The van der Waals surface area contributed by atoms with Gasteiger partial charge in [0.15, 0.2) is 18.2 Å². The minimum atomic E-state index is -0.743. The van der Waals surface area contributed by atoms with Gasteiger partial charge in [-0.3, -0.25) is 4.79 Å². The molecule has 2 aromatic rings. The number of nitrogens with zero attached hydrogens (tertiary/aromatic N) is 2. The molecule has 1 saturated heterocycles. The number of methoxy groups -OCH3 is 1. The van der Waals surface area contributed by atoms with E-state index in [2.05, 4.69) is 4.90 Å². The monoisotopic (exact) mass is 372 g/mol. The van der Waals surface area contributed by atoms with Gasteiger partial charge in [-0.05, 0) is 30.3 Å². The van der Waals surface area contributed by atoms with Crippen molar-refractivity contribution in [2.75, 3.05) is 44.8 Å². The first-order valence-electron chi connectivity index (χ1n) is 8.67. The zero-order chi connectivity index (χ0) is 19.2. The molecule has 0 aliphatic carbocycles. The second-order valence-electron chi connectivity index (χ2n) is 6.13. The number of anilines is 1. The molecular formula is C20H21FN2O4. The van der Waals surface area contributed by atoms with Crippen molar-refractivity contribution in [1.82, 2.24) is 4.90 Å². The van der Waals surface area contributed by atoms with Crippen molar-refractivity contribution < 1.29 is 23.5 Å². The highest BCUT2D eigenvalue weighted by molar-refractivity contribution is 5.91. The molecule has 1 fully saturated rings. The summed E-state index contributed by atoms with van der Waals surface area (Å²) in [5.41, 5.74) is 1.16. The van der Waals surface area contributed by atoms with E-state index in [9.17, 15) is 14.0 Å². The maximum absolute atomic E-state index is 13.7. The van der Waals surface area contributed by atoms with Crippen LogP contribution in [0.2, 0.25) is 0 Å². The number of carbonyl (C=O) groups excluding carboxylic acids is 2. The second-order valence-corrected chi connectivity index (χ2v) is 6.13. The van der Waals surface area contributed by atoms with E-state index >= 15 is 0 Å². The van der Waals surface area contributed by atoms with E-state index in [0.717, 1.165) is 11.8 Å². The van der Waals surface area contributed by atoms with Crippen LogP contribution in [0.15, 0.2) is 48.5 Å². The fourth-order valence-corrected chi connectivity index (χ4v) is 2.95. The summed E-state index contributed by atoms with van der Waals surface area (Å²) >= 11 is 0. The first-order chi connectivity index (χ1) is 13.1. The van der Waals surface area contributed by atoms with Crippen LogP contribution in [0.25, 0.3) is 0 Å². The Balaban J connectivity index is 1.48. The van der Waals surface area contributed by atoms with E-state index in [1.807, 2.05) is 30.3 Å². The summed E-state index contributed by atoms with van der Waals surface area (Å²) in [5, 5.41) is 0. The molecule has 27 heavy (non-hydrogen) atoms. The molecule has 7 heteroatoms. The number of hydrogen-bond donors (Lipinski definition) is 0. The van der Waals surface area contributed by atoms with Gasteiger partial charge in [0.1, 0.15) is 0 Å². The van der Waals surface area contributed by atoms with Crippen LogP contribution in [-0.2, 0) is 9.53 Å². The van der Waals surface area contributed by atoms with E-state index < -0.39 is 11.8 Å². The van der Waals surface area contributed by atoms with Crippen molar-refractivity contribution in [3.05, 3.63) is 59.9 Å². The van der Waals surface area contributed by atoms with E-state index in [1.165, 1.54) is 19.2 Å². The van der Waals surface area contributed by atoms with E-state index in [1.54, 1.807) is 4.90 Å². The SMILES string of the molecule is COc1ccc(C(=O)OCC(=O)N2CCN(c3ccccc3)CC2)cc1F. The van der Waals surface area contributed by atoms with Crippen LogP contribution in [0, 0.1) is 5.82 Å². The number of benzene rings is 2. The minimum Gasteiger partial charge on any atom is -0.494 e. The molecule has 1 heterocycles. The summed E-state index contributed by atoms with van der Waals surface area (Å²) in [6.45, 7) is 2.18. The zero-order valence-corrected chi connectivity index (χ0v) is 15.1. The Hall–Kier alpha value is -3.09. The summed E-state index contributed by atoms with van der Waals surface area (Å²) in [6, 6.07) is 13.8. The molecule has 0 saturated carbocycles. The van der Waals surface area contributed by atoms with Crippen LogP contribution in [-0.4, -0.2) is 56.7 Å². The smallest absolute Gasteiger partial charge is 0.338 e. The highest BCUT2D eigenvalue weighted by atomic mass is 19.1. The van der Waals surface area contributed by atoms with Gasteiger partial charge < -0.3 is 19.3 Å². The largest absolute Gasteiger partial charge is 0.494 e. The number of amides is 1. The molecule has 0 atom stereocenters. The molecule has 0 bridgehead atoms. The third-order valence-corrected chi connectivity index (χ3v) is 4.47. The summed E-state index contributed by atoms with van der Waals surface area (Å²) in [7, 11) is 1.34. The van der Waals surface area contributed by atoms with Crippen molar-refractivity contribution in [2.45, 2.75) is 0 Å². The first-order valence-corrected chi connectivity index (χ1v) is 8.67. The molecule has 0 unspecified atom stereocenters. The highest BCUT2D eigenvalue weighted by Gasteiger charge is 2.22. The molecule has 2 aromatic carbocycles. The molecular weight excluding hydrogens is 351 g/mol. The van der Waals surface area contributed by atoms with Crippen LogP contribution in [0.3, 0.4) is 0 Å². The summed E-state index contributed by atoms with van der Waals surface area (Å²) in [5.74, 6) is -1.62. The van der Waals surface area contributed by atoms with Crippen molar-refractivity contribution >= 4 is 17.6 Å². The Morgan fingerprint density at radius 1 is 1.04 bits per heavy atom. The number of halogens is 1. The third-order valence-electron chi connectivity index (χ3n) is 4.47. The number of esters is 1. The van der Waals surface area contributed by atoms with Gasteiger partial charge >= 0.3 is 5.97 Å². The number of piperazine rings is 1. The number of ether oxygens (including phenoxy) is 2. The van der Waals surface area contributed by atoms with Crippen molar-refractivity contribution in [3.63, 3.8) is 0 Å². The zero-order valence-electron chi connectivity index (χ0n) is 15.1. The molecule has 0 aromatic heterocycles. The number of hydrogen-bond acceptors (Lipinski definition) is 5. The lowest BCUT2D eigenvalue weighted by Gasteiger charge is -2.36. The molecule has 1 aliphatic heterocycles. The van der Waals surface area contributed by atoms with Gasteiger partial charge in [0.2, 0.25) is 0 Å². The third kappa shape index (κ3) is 4.55. The average molecular weight is 372 g/mol. The minimum absolute atomic E-state index is 0.0370. The van der Waals surface area contributed by atoms with Gasteiger partial charge in [0.25, 0.3) is 5.91 Å². The molecule has 0 N–H and O–H groups in total. The summed E-state index contributed by atoms with van der Waals surface area (Å²) < 4.78 is 23.5. The topological polar surface area (TPSA) is 59.1 Å². The van der Waals surface area contributed by atoms with Gasteiger partial charge in [-0.25, -0.2) is 9.18 Å². The molecule has 3 rings (SSSR count). The molecule has 1 aliphatic rings. The Kier molecular flexibility index (Phi) is 5.90. The van der Waals surface area contributed by atoms with Crippen LogP contribution in [0.1, 0.15) is 10.4 Å². The van der Waals surface area contributed by atoms with Crippen molar-refractivity contribution in [2.24, 2.45) is 0 Å². The maximum atomic E-state index is 13.7. The standard InChI is InChI=1S/C20H21FN2O4/c1-26-18-8-7-15(13-17(18)21)20(25)27-14-19(24)23-11-9-22(10-12-23)16-5-3-2-4-6-16/h2-8,13H,9-12,14H2,1H3. The van der Waals surface area contributed by atoms with Crippen molar-refractivity contribution in [1.29, 1.82) is 0 Å². The first kappa shape index (κ1) is 18.7. The van der Waals surface area contributed by atoms with E-state index in [-0.39, 0.29) is 23.8 Å². The number of para-hydroxylation sites is 1. The lowest BCUT2D eigenvalue weighted by atomic mass is 10.2. The van der Waals surface area contributed by atoms with Gasteiger partial charge in [-0.1, -0.05) is 18.2 Å². The summed E-state index contributed by atoms with van der Waals surface area (Å²) in [6.07, 6.45) is 0. The highest BCUT2D eigenvalue weighted by Crippen LogP contribution is 2.18. The predicted octanol–water partition coefficient (Wildman–Crippen LogP) is 2.34. The fraction of sp³-hybridized carbons (Fsp3) is 0.300. The number of carbonyl (C=O) groups is 2. The normalized spacial score (nSPS) is 14.0. The lowest BCUT2D eigenvalue weighted by Crippen LogP contribution is -2.49. The van der Waals surface area contributed by atoms with E-state index in [4.69, 9.17) is 9.47 Å². The van der Waals surface area contributed by atoms with Crippen LogP contribution in [0.5, 0.6) is 5.75 Å². The quantitative estimate of drug-likeness (QED) is 0.754. The van der Waals surface area contributed by atoms with Crippen molar-refractivity contribution in [3.8, 4) is 5.75 Å². The van der Waals surface area contributed by atoms with Gasteiger partial charge in [0.05, 0.1) is 12.7 Å². The van der Waals surface area contributed by atoms with Crippen LogP contribution >= 0.6 is 0 Å². The van der Waals surface area contributed by atoms with Gasteiger partial charge in [-0.2, -0.15) is 0 Å². The van der Waals surface area contributed by atoms with Gasteiger partial charge in [-0.15, -0.1) is 0 Å². The number of rotatable bonds is 5. The fourth-order valence-electron chi connectivity index (χ4n) is 2.95. The van der Waals surface area contributed by atoms with E-state index in [0.29, 0.717) is 26.2 Å². The van der Waals surface area contributed by atoms with Crippen LogP contribution < -0.4 is 9.64 Å². The Morgan fingerprint density at radius 2 is 1.74 bits per heavy atom. The van der Waals surface area contributed by atoms with Crippen LogP contribution in [0.4, 0.5) is 10.1 Å². The Labute approximate surface area is 157 Å². The van der Waals surface area contributed by atoms with Gasteiger partial charge in [0, 0.05) is 31.9 Å². The lowest BCUT2D eigenvalue weighted by molar-refractivity contribution is -0.134. The Morgan fingerprint density at radius 3 is 2.37 bits per heavy atom. The summed E-state index contributed by atoms with van der Waals surface area (Å²) in [4.78, 5) is 28.2. The Bertz CT molecular complexity index is 805. The predicted molar refractivity (Wildman–Crippen MR) is 98.5 cm³/mol. The molecule has 0 spiro atoms. The molecule has 142 valence electrons. The molecule has 1 amide bonds. The maximum Gasteiger partial charge on any atom is 0.338 e.